The molecule has 5 heteroatoms. The number of hydrogen-bond donors (Lipinski definition) is 2. The molecule has 1 aromatic heterocycles. The lowest BCUT2D eigenvalue weighted by molar-refractivity contribution is 0.131. The minimum Gasteiger partial charge on any atom is -0.391 e. The second kappa shape index (κ2) is 4.45. The molecule has 0 saturated heterocycles. The van der Waals surface area contributed by atoms with Crippen molar-refractivity contribution in [3.05, 3.63) is 6.20 Å². The van der Waals surface area contributed by atoms with E-state index in [-0.39, 0.29) is 12.1 Å². The van der Waals surface area contributed by atoms with E-state index in [4.69, 9.17) is 5.73 Å². The van der Waals surface area contributed by atoms with Gasteiger partial charge in [-0.15, -0.1) is 11.8 Å². The van der Waals surface area contributed by atoms with E-state index in [0.717, 1.165) is 29.9 Å². The topological polar surface area (TPSA) is 64.1 Å². The number of nitrogens with two attached hydrogens (primary N) is 1. The van der Waals surface area contributed by atoms with E-state index in [2.05, 4.69) is 12.0 Å². The van der Waals surface area contributed by atoms with E-state index in [1.807, 2.05) is 0 Å². The highest BCUT2D eigenvalue weighted by atomic mass is 32.2. The summed E-state index contributed by atoms with van der Waals surface area (Å²) in [6, 6.07) is 0.0798. The largest absolute Gasteiger partial charge is 0.391 e. The molecule has 0 aliphatic heterocycles. The lowest BCUT2D eigenvalue weighted by atomic mass is 10.2. The van der Waals surface area contributed by atoms with Crippen LogP contribution in [0.1, 0.15) is 32.2 Å². The van der Waals surface area contributed by atoms with Gasteiger partial charge in [-0.3, -0.25) is 0 Å². The van der Waals surface area contributed by atoms with Gasteiger partial charge in [0.25, 0.3) is 0 Å². The molecule has 84 valence electrons. The van der Waals surface area contributed by atoms with E-state index >= 15 is 0 Å². The molecule has 1 aromatic rings. The van der Waals surface area contributed by atoms with Crippen molar-refractivity contribution in [1.82, 2.24) is 9.78 Å². The summed E-state index contributed by atoms with van der Waals surface area (Å²) in [7, 11) is 0. The average molecular weight is 227 g/mol. The van der Waals surface area contributed by atoms with Crippen LogP contribution in [-0.4, -0.2) is 26.7 Å². The Morgan fingerprint density at radius 2 is 2.47 bits per heavy atom. The molecule has 2 atom stereocenters. The minimum atomic E-state index is -0.285. The SMILES string of the molecule is CCSc1cnn(C2CCCC2O)c1N. The molecular formula is C10H17N3OS. The van der Waals surface area contributed by atoms with Crippen molar-refractivity contribution in [3.8, 4) is 0 Å². The summed E-state index contributed by atoms with van der Waals surface area (Å²) in [6.07, 6.45) is 4.41. The lowest BCUT2D eigenvalue weighted by Gasteiger charge is -2.16. The highest BCUT2D eigenvalue weighted by Gasteiger charge is 2.29. The molecule has 4 nitrogen and oxygen atoms in total. The number of aromatic nitrogens is 2. The third-order valence-corrected chi connectivity index (χ3v) is 3.77. The third-order valence-electron chi connectivity index (χ3n) is 2.86. The number of anilines is 1. The Morgan fingerprint density at radius 3 is 3.07 bits per heavy atom. The summed E-state index contributed by atoms with van der Waals surface area (Å²) >= 11 is 1.69. The van der Waals surface area contributed by atoms with E-state index in [1.165, 1.54) is 0 Å². The molecule has 0 amide bonds. The molecule has 1 aliphatic carbocycles. The van der Waals surface area contributed by atoms with Crippen LogP contribution in [0.15, 0.2) is 11.1 Å². The number of thioether (sulfide) groups is 1. The van der Waals surface area contributed by atoms with Gasteiger partial charge in [-0.05, 0) is 25.0 Å². The maximum atomic E-state index is 9.78. The smallest absolute Gasteiger partial charge is 0.135 e. The molecule has 0 bridgehead atoms. The van der Waals surface area contributed by atoms with Crippen LogP contribution in [0.5, 0.6) is 0 Å². The maximum Gasteiger partial charge on any atom is 0.135 e. The van der Waals surface area contributed by atoms with Crippen molar-refractivity contribution < 1.29 is 5.11 Å². The molecule has 2 rings (SSSR count). The number of nitrogen functional groups attached to an aromatic ring is 1. The van der Waals surface area contributed by atoms with Crippen LogP contribution in [0.4, 0.5) is 5.82 Å². The molecule has 0 aromatic carbocycles. The van der Waals surface area contributed by atoms with Crippen molar-refractivity contribution in [2.75, 3.05) is 11.5 Å². The van der Waals surface area contributed by atoms with Crippen LogP contribution in [0.25, 0.3) is 0 Å². The first-order valence-corrected chi connectivity index (χ1v) is 6.36. The van der Waals surface area contributed by atoms with Crippen molar-refractivity contribution >= 4 is 17.6 Å². The molecule has 1 saturated carbocycles. The maximum absolute atomic E-state index is 9.78. The first-order chi connectivity index (χ1) is 7.24. The van der Waals surface area contributed by atoms with Crippen molar-refractivity contribution in [3.63, 3.8) is 0 Å². The Kier molecular flexibility index (Phi) is 3.21. The summed E-state index contributed by atoms with van der Waals surface area (Å²) in [5.74, 6) is 1.69. The van der Waals surface area contributed by atoms with E-state index in [1.54, 1.807) is 22.6 Å². The van der Waals surface area contributed by atoms with Crippen LogP contribution in [0, 0.1) is 0 Å². The first-order valence-electron chi connectivity index (χ1n) is 5.38. The van der Waals surface area contributed by atoms with Gasteiger partial charge >= 0.3 is 0 Å². The highest BCUT2D eigenvalue weighted by Crippen LogP contribution is 2.34. The molecule has 1 heterocycles. The quantitative estimate of drug-likeness (QED) is 0.771. The van der Waals surface area contributed by atoms with Gasteiger partial charge in [-0.1, -0.05) is 6.92 Å². The van der Waals surface area contributed by atoms with Gasteiger partial charge < -0.3 is 10.8 Å². The fourth-order valence-corrected chi connectivity index (χ4v) is 2.77. The van der Waals surface area contributed by atoms with Gasteiger partial charge in [0.2, 0.25) is 0 Å². The van der Waals surface area contributed by atoms with Gasteiger partial charge in [-0.25, -0.2) is 4.68 Å². The molecule has 1 fully saturated rings. The van der Waals surface area contributed by atoms with Crippen molar-refractivity contribution in [2.24, 2.45) is 0 Å². The predicted molar refractivity (Wildman–Crippen MR) is 61.9 cm³/mol. The third kappa shape index (κ3) is 1.99. The second-order valence-electron chi connectivity index (χ2n) is 3.84. The molecule has 15 heavy (non-hydrogen) atoms. The first kappa shape index (κ1) is 10.8. The zero-order valence-electron chi connectivity index (χ0n) is 8.89. The normalized spacial score (nSPS) is 26.0. The Balaban J connectivity index is 2.21. The standard InChI is InChI=1S/C10H17N3OS/c1-2-15-9-6-12-13(10(9)11)7-4-3-5-8(7)14/h6-8,14H,2-5,11H2,1H3. The Bertz CT molecular complexity index is 339. The van der Waals surface area contributed by atoms with Gasteiger partial charge in [0, 0.05) is 0 Å². The number of rotatable bonds is 3. The number of hydrogen-bond acceptors (Lipinski definition) is 4. The molecule has 3 N–H and O–H groups in total. The lowest BCUT2D eigenvalue weighted by Crippen LogP contribution is -2.20. The molecule has 0 spiro atoms. The van der Waals surface area contributed by atoms with Crippen molar-refractivity contribution in [2.45, 2.75) is 43.2 Å². The van der Waals surface area contributed by atoms with Crippen molar-refractivity contribution in [1.29, 1.82) is 0 Å². The molecule has 0 radical (unpaired) electrons. The van der Waals surface area contributed by atoms with Gasteiger partial charge in [-0.2, -0.15) is 5.10 Å². The van der Waals surface area contributed by atoms with Gasteiger partial charge in [0.1, 0.15) is 5.82 Å². The zero-order valence-corrected chi connectivity index (χ0v) is 9.70. The van der Waals surface area contributed by atoms with Crippen LogP contribution in [0.3, 0.4) is 0 Å². The summed E-state index contributed by atoms with van der Waals surface area (Å²) in [4.78, 5) is 1.02. The van der Waals surface area contributed by atoms with E-state index in [0.29, 0.717) is 5.82 Å². The van der Waals surface area contributed by atoms with Crippen LogP contribution >= 0.6 is 11.8 Å². The molecule has 2 unspecified atom stereocenters. The number of nitrogens with zero attached hydrogens (tertiary/aromatic N) is 2. The summed E-state index contributed by atoms with van der Waals surface area (Å²) in [5.41, 5.74) is 6.00. The van der Waals surface area contributed by atoms with Crippen LogP contribution in [-0.2, 0) is 0 Å². The molecular weight excluding hydrogens is 210 g/mol. The Morgan fingerprint density at radius 1 is 1.67 bits per heavy atom. The Labute approximate surface area is 93.8 Å². The van der Waals surface area contributed by atoms with E-state index in [9.17, 15) is 5.11 Å². The van der Waals surface area contributed by atoms with E-state index < -0.39 is 0 Å². The monoisotopic (exact) mass is 227 g/mol. The van der Waals surface area contributed by atoms with Crippen LogP contribution < -0.4 is 5.73 Å². The predicted octanol–water partition coefficient (Wildman–Crippen LogP) is 1.66. The number of aliphatic hydroxyl groups excluding tert-OH is 1. The number of aliphatic hydroxyl groups is 1. The minimum absolute atomic E-state index is 0.0798. The fourth-order valence-electron chi connectivity index (χ4n) is 2.09. The second-order valence-corrected chi connectivity index (χ2v) is 5.14. The molecule has 1 aliphatic rings. The van der Waals surface area contributed by atoms with Crippen LogP contribution in [0.2, 0.25) is 0 Å². The summed E-state index contributed by atoms with van der Waals surface area (Å²) < 4.78 is 1.79. The van der Waals surface area contributed by atoms with Gasteiger partial charge in [0.15, 0.2) is 0 Å². The summed E-state index contributed by atoms with van der Waals surface area (Å²) in [6.45, 7) is 2.09. The highest BCUT2D eigenvalue weighted by molar-refractivity contribution is 7.99. The average Bonchev–Trinajstić information content (AvgIpc) is 2.76. The Hall–Kier alpha value is -0.680. The van der Waals surface area contributed by atoms with Gasteiger partial charge in [0.05, 0.1) is 23.2 Å². The zero-order chi connectivity index (χ0) is 10.8. The summed E-state index contributed by atoms with van der Waals surface area (Å²) in [5, 5.41) is 14.1. The fraction of sp³-hybridized carbons (Fsp3) is 0.700.